The summed E-state index contributed by atoms with van der Waals surface area (Å²) in [5.74, 6) is 0. The molecule has 0 aliphatic rings. The third kappa shape index (κ3) is 5.15. The predicted molar refractivity (Wildman–Crippen MR) is 39.2 cm³/mol. The lowest BCUT2D eigenvalue weighted by molar-refractivity contribution is 0.118. The third-order valence-corrected chi connectivity index (χ3v) is 0.662. The van der Waals surface area contributed by atoms with Gasteiger partial charge in [0.15, 0.2) is 0 Å². The second kappa shape index (κ2) is 4.85. The molecule has 1 radical (unpaired) electrons. The van der Waals surface area contributed by atoms with Crippen LogP contribution in [0.25, 0.3) is 0 Å². The van der Waals surface area contributed by atoms with E-state index in [1.807, 2.05) is 0 Å². The lowest BCUT2D eigenvalue weighted by atomic mass is 10.5. The van der Waals surface area contributed by atoms with Crippen LogP contribution in [-0.2, 0) is 4.74 Å². The number of ether oxygens (including phenoxy) is 1. The summed E-state index contributed by atoms with van der Waals surface area (Å²) in [6.45, 7) is 8.38. The summed E-state index contributed by atoms with van der Waals surface area (Å²) in [4.78, 5) is 10.6. The first-order valence-electron chi connectivity index (χ1n) is 3.08. The quantitative estimate of drug-likeness (QED) is 0.648. The number of carbonyl (C=O) groups is 1. The summed E-state index contributed by atoms with van der Waals surface area (Å²) in [5, 5.41) is 2.36. The lowest BCUT2D eigenvalue weighted by Gasteiger charge is -2.06. The van der Waals surface area contributed by atoms with Crippen molar-refractivity contribution in [2.24, 2.45) is 0 Å². The minimum absolute atomic E-state index is 0.0850. The number of alkyl carbamates (subject to hydrolysis) is 1. The molecule has 0 rings (SSSR count). The monoisotopic (exact) mass is 142 g/mol. The highest BCUT2D eigenvalue weighted by molar-refractivity contribution is 5.68. The third-order valence-electron chi connectivity index (χ3n) is 0.662. The summed E-state index contributed by atoms with van der Waals surface area (Å²) in [6.07, 6.45) is 0.940. The molecule has 0 aromatic rings. The lowest BCUT2D eigenvalue weighted by Crippen LogP contribution is -2.23. The smallest absolute Gasteiger partial charge is 0.407 e. The van der Waals surface area contributed by atoms with Gasteiger partial charge in [0.05, 0.1) is 12.6 Å². The van der Waals surface area contributed by atoms with Gasteiger partial charge in [0.25, 0.3) is 0 Å². The minimum atomic E-state index is -0.449. The molecule has 0 heterocycles. The van der Waals surface area contributed by atoms with Crippen molar-refractivity contribution < 1.29 is 9.53 Å². The van der Waals surface area contributed by atoms with Gasteiger partial charge in [0, 0.05) is 0 Å². The first-order chi connectivity index (χ1) is 4.66. The van der Waals surface area contributed by atoms with Crippen molar-refractivity contribution in [2.45, 2.75) is 20.0 Å². The first kappa shape index (κ1) is 9.01. The molecule has 3 nitrogen and oxygen atoms in total. The fourth-order valence-electron chi connectivity index (χ4n) is 0.375. The van der Waals surface area contributed by atoms with Crippen LogP contribution in [0.15, 0.2) is 12.7 Å². The van der Waals surface area contributed by atoms with E-state index in [1.165, 1.54) is 12.6 Å². The molecule has 0 spiro atoms. The van der Waals surface area contributed by atoms with E-state index in [0.717, 1.165) is 0 Å². The van der Waals surface area contributed by atoms with Gasteiger partial charge < -0.3 is 10.1 Å². The molecule has 0 bridgehead atoms. The molecule has 1 N–H and O–H groups in total. The molecule has 0 aromatic carbocycles. The molecule has 0 aliphatic carbocycles. The average molecular weight is 142 g/mol. The Kier molecular flexibility index (Phi) is 4.37. The Morgan fingerprint density at radius 2 is 2.30 bits per heavy atom. The van der Waals surface area contributed by atoms with E-state index in [2.05, 4.69) is 11.9 Å². The van der Waals surface area contributed by atoms with Crippen LogP contribution >= 0.6 is 0 Å². The highest BCUT2D eigenvalue weighted by Gasteiger charge is 2.00. The molecular formula is C7H12NO2. The van der Waals surface area contributed by atoms with E-state index in [1.54, 1.807) is 13.8 Å². The molecule has 0 atom stereocenters. The second-order valence-electron chi connectivity index (χ2n) is 2.00. The van der Waals surface area contributed by atoms with Gasteiger partial charge in [0.1, 0.15) is 0 Å². The fraction of sp³-hybridized carbons (Fsp3) is 0.429. The standard InChI is InChI=1S/C7H12NO2/c1-4-5-8-7(9)10-6(2)3/h4-6H,1H2,2-3H3,(H,8,9). The number of amides is 1. The molecule has 1 amide bonds. The molecular weight excluding hydrogens is 130 g/mol. The van der Waals surface area contributed by atoms with Crippen molar-refractivity contribution in [1.29, 1.82) is 0 Å². The molecule has 57 valence electrons. The van der Waals surface area contributed by atoms with E-state index in [4.69, 9.17) is 4.74 Å². The largest absolute Gasteiger partial charge is 0.447 e. The number of carbonyl (C=O) groups excluding carboxylic acids is 1. The minimum Gasteiger partial charge on any atom is -0.447 e. The van der Waals surface area contributed by atoms with Crippen LogP contribution < -0.4 is 5.32 Å². The van der Waals surface area contributed by atoms with E-state index in [9.17, 15) is 4.79 Å². The van der Waals surface area contributed by atoms with Gasteiger partial charge in [-0.15, -0.1) is 6.58 Å². The molecule has 0 unspecified atom stereocenters. The van der Waals surface area contributed by atoms with Gasteiger partial charge in [-0.2, -0.15) is 0 Å². The maximum atomic E-state index is 10.6. The van der Waals surface area contributed by atoms with Crippen molar-refractivity contribution in [3.8, 4) is 0 Å². The maximum Gasteiger partial charge on any atom is 0.407 e. The van der Waals surface area contributed by atoms with E-state index in [0.29, 0.717) is 0 Å². The Morgan fingerprint density at radius 1 is 1.70 bits per heavy atom. The predicted octanol–water partition coefficient (Wildman–Crippen LogP) is 1.47. The number of hydrogen-bond acceptors (Lipinski definition) is 2. The number of hydrogen-bond donors (Lipinski definition) is 1. The second-order valence-corrected chi connectivity index (χ2v) is 2.00. The van der Waals surface area contributed by atoms with Gasteiger partial charge >= 0.3 is 6.09 Å². The SMILES string of the molecule is C=C[CH]NC(=O)OC(C)C. The van der Waals surface area contributed by atoms with Crippen molar-refractivity contribution in [3.63, 3.8) is 0 Å². The molecule has 10 heavy (non-hydrogen) atoms. The Bertz CT molecular complexity index is 121. The summed E-state index contributed by atoms with van der Waals surface area (Å²) in [7, 11) is 0. The van der Waals surface area contributed by atoms with Crippen LogP contribution in [0, 0.1) is 6.54 Å². The van der Waals surface area contributed by atoms with Crippen molar-refractivity contribution in [3.05, 3.63) is 19.2 Å². The molecule has 0 fully saturated rings. The zero-order valence-electron chi connectivity index (χ0n) is 6.26. The van der Waals surface area contributed by atoms with Gasteiger partial charge in [-0.3, -0.25) is 0 Å². The molecule has 0 saturated heterocycles. The normalized spacial score (nSPS) is 9.10. The summed E-state index contributed by atoms with van der Waals surface area (Å²) in [6, 6.07) is 0. The van der Waals surface area contributed by atoms with Crippen molar-refractivity contribution >= 4 is 6.09 Å². The van der Waals surface area contributed by atoms with Crippen molar-refractivity contribution in [1.82, 2.24) is 5.32 Å². The molecule has 0 aliphatic heterocycles. The van der Waals surface area contributed by atoms with Gasteiger partial charge in [-0.1, -0.05) is 6.08 Å². The number of rotatable bonds is 3. The Morgan fingerprint density at radius 3 is 2.70 bits per heavy atom. The van der Waals surface area contributed by atoms with Crippen LogP contribution in [0.2, 0.25) is 0 Å². The van der Waals surface area contributed by atoms with E-state index in [-0.39, 0.29) is 6.10 Å². The summed E-state index contributed by atoms with van der Waals surface area (Å²) in [5.41, 5.74) is 0. The van der Waals surface area contributed by atoms with Gasteiger partial charge in [-0.05, 0) is 13.8 Å². The molecule has 0 aromatic heterocycles. The van der Waals surface area contributed by atoms with Gasteiger partial charge in [0.2, 0.25) is 0 Å². The summed E-state index contributed by atoms with van der Waals surface area (Å²) >= 11 is 0. The molecule has 3 heteroatoms. The highest BCUT2D eigenvalue weighted by Crippen LogP contribution is 1.87. The van der Waals surface area contributed by atoms with Gasteiger partial charge in [-0.25, -0.2) is 4.79 Å². The van der Waals surface area contributed by atoms with Crippen molar-refractivity contribution in [2.75, 3.05) is 0 Å². The highest BCUT2D eigenvalue weighted by atomic mass is 16.6. The van der Waals surface area contributed by atoms with E-state index >= 15 is 0 Å². The first-order valence-corrected chi connectivity index (χ1v) is 3.08. The zero-order chi connectivity index (χ0) is 7.98. The zero-order valence-corrected chi connectivity index (χ0v) is 6.26. The van der Waals surface area contributed by atoms with Crippen LogP contribution in [0.1, 0.15) is 13.8 Å². The Hall–Kier alpha value is -0.990. The Labute approximate surface area is 61.1 Å². The van der Waals surface area contributed by atoms with Crippen LogP contribution in [0.4, 0.5) is 4.79 Å². The van der Waals surface area contributed by atoms with E-state index < -0.39 is 6.09 Å². The molecule has 0 saturated carbocycles. The number of nitrogens with one attached hydrogen (secondary N) is 1. The fourth-order valence-corrected chi connectivity index (χ4v) is 0.375. The maximum absolute atomic E-state index is 10.6. The van der Waals surface area contributed by atoms with Crippen LogP contribution in [0.3, 0.4) is 0 Å². The summed E-state index contributed by atoms with van der Waals surface area (Å²) < 4.78 is 4.72. The topological polar surface area (TPSA) is 38.3 Å². The van der Waals surface area contributed by atoms with Crippen LogP contribution in [-0.4, -0.2) is 12.2 Å². The Balaban J connectivity index is 3.34. The van der Waals surface area contributed by atoms with Crippen LogP contribution in [0.5, 0.6) is 0 Å². The average Bonchev–Trinajstić information content (AvgIpc) is 1.82.